The Hall–Kier alpha value is -1.65. The Morgan fingerprint density at radius 2 is 2.08 bits per heavy atom. The molecular formula is C16H27N5O4S. The van der Waals surface area contributed by atoms with E-state index < -0.39 is 10.0 Å². The van der Waals surface area contributed by atoms with Gasteiger partial charge in [0.1, 0.15) is 12.0 Å². The van der Waals surface area contributed by atoms with Gasteiger partial charge in [-0.05, 0) is 6.92 Å². The van der Waals surface area contributed by atoms with Crippen molar-refractivity contribution in [3.05, 3.63) is 18.0 Å². The lowest BCUT2D eigenvalue weighted by Gasteiger charge is -2.38. The molecule has 1 N–H and O–H groups in total. The second kappa shape index (κ2) is 7.93. The van der Waals surface area contributed by atoms with E-state index in [9.17, 15) is 8.42 Å². The van der Waals surface area contributed by atoms with Gasteiger partial charge < -0.3 is 19.5 Å². The second-order valence-corrected chi connectivity index (χ2v) is 9.08. The van der Waals surface area contributed by atoms with Crippen molar-refractivity contribution in [1.82, 2.24) is 19.7 Å². The van der Waals surface area contributed by atoms with Crippen LogP contribution in [0.25, 0.3) is 0 Å². The molecule has 1 aromatic rings. The van der Waals surface area contributed by atoms with Gasteiger partial charge in [0.2, 0.25) is 10.0 Å². The van der Waals surface area contributed by atoms with Crippen LogP contribution in [0.4, 0.5) is 0 Å². The van der Waals surface area contributed by atoms with Gasteiger partial charge in [0.05, 0.1) is 25.5 Å². The minimum atomic E-state index is -3.39. The zero-order valence-corrected chi connectivity index (χ0v) is 16.2. The van der Waals surface area contributed by atoms with Crippen LogP contribution in [0.2, 0.25) is 0 Å². The Balaban J connectivity index is 1.57. The summed E-state index contributed by atoms with van der Waals surface area (Å²) in [4.78, 5) is 6.86. The molecule has 2 aliphatic rings. The molecule has 0 bridgehead atoms. The standard InChI is InChI=1S/C16H27N5O4S/c1-3-17-15(18-11-16(2)12-24-13-16)20-5-7-21(8-6-20)26(22,23)10-14-4-9-25-19-14/h4,9H,3,5-8,10-13H2,1-2H3,(H,17,18). The molecule has 0 aliphatic carbocycles. The summed E-state index contributed by atoms with van der Waals surface area (Å²) in [6, 6.07) is 1.58. The first-order chi connectivity index (χ1) is 12.4. The number of guanidine groups is 1. The summed E-state index contributed by atoms with van der Waals surface area (Å²) in [5, 5.41) is 7.00. The molecule has 2 saturated heterocycles. The van der Waals surface area contributed by atoms with Crippen LogP contribution in [0, 0.1) is 5.41 Å². The van der Waals surface area contributed by atoms with Crippen molar-refractivity contribution in [2.75, 3.05) is 52.5 Å². The van der Waals surface area contributed by atoms with Gasteiger partial charge in [-0.3, -0.25) is 4.99 Å². The number of hydrogen-bond acceptors (Lipinski definition) is 6. The fraction of sp³-hybridized carbons (Fsp3) is 0.750. The minimum Gasteiger partial charge on any atom is -0.380 e. The van der Waals surface area contributed by atoms with Crippen molar-refractivity contribution < 1.29 is 17.7 Å². The van der Waals surface area contributed by atoms with Gasteiger partial charge >= 0.3 is 0 Å². The molecule has 0 spiro atoms. The molecule has 10 heteroatoms. The number of rotatable bonds is 6. The first-order valence-corrected chi connectivity index (χ1v) is 10.5. The maximum Gasteiger partial charge on any atom is 0.220 e. The van der Waals surface area contributed by atoms with Gasteiger partial charge in [0.15, 0.2) is 5.96 Å². The Labute approximate surface area is 154 Å². The summed E-state index contributed by atoms with van der Waals surface area (Å²) in [5.41, 5.74) is 0.543. The summed E-state index contributed by atoms with van der Waals surface area (Å²) in [7, 11) is -3.39. The molecule has 0 amide bonds. The van der Waals surface area contributed by atoms with Crippen molar-refractivity contribution in [2.24, 2.45) is 10.4 Å². The van der Waals surface area contributed by atoms with Gasteiger partial charge in [-0.1, -0.05) is 12.1 Å². The Morgan fingerprint density at radius 3 is 2.62 bits per heavy atom. The lowest BCUT2D eigenvalue weighted by molar-refractivity contribution is -0.0946. The maximum atomic E-state index is 12.5. The first kappa shape index (κ1) is 19.1. The van der Waals surface area contributed by atoms with E-state index in [0.717, 1.165) is 25.7 Å². The van der Waals surface area contributed by atoms with Crippen LogP contribution in [0.3, 0.4) is 0 Å². The number of nitrogens with zero attached hydrogens (tertiary/aromatic N) is 4. The summed E-state index contributed by atoms with van der Waals surface area (Å²) in [6.45, 7) is 9.25. The molecule has 0 atom stereocenters. The van der Waals surface area contributed by atoms with Crippen LogP contribution in [-0.2, 0) is 20.5 Å². The molecule has 0 radical (unpaired) electrons. The Kier molecular flexibility index (Phi) is 5.83. The van der Waals surface area contributed by atoms with Gasteiger partial charge in [0, 0.05) is 44.2 Å². The molecule has 26 heavy (non-hydrogen) atoms. The third-order valence-corrected chi connectivity index (χ3v) is 6.41. The molecule has 2 aliphatic heterocycles. The predicted molar refractivity (Wildman–Crippen MR) is 97.2 cm³/mol. The normalized spacial score (nSPS) is 21.5. The van der Waals surface area contributed by atoms with E-state index in [-0.39, 0.29) is 11.2 Å². The average Bonchev–Trinajstić information content (AvgIpc) is 3.09. The molecule has 3 rings (SSSR count). The van der Waals surface area contributed by atoms with Gasteiger partial charge in [0.25, 0.3) is 0 Å². The van der Waals surface area contributed by atoms with Gasteiger partial charge in [-0.25, -0.2) is 8.42 Å². The smallest absolute Gasteiger partial charge is 0.220 e. The summed E-state index contributed by atoms with van der Waals surface area (Å²) in [6.07, 6.45) is 1.38. The predicted octanol–water partition coefficient (Wildman–Crippen LogP) is 0.124. The topological polar surface area (TPSA) is 100 Å². The lowest BCUT2D eigenvalue weighted by Crippen LogP contribution is -2.54. The zero-order chi connectivity index (χ0) is 18.6. The van der Waals surface area contributed by atoms with Crippen molar-refractivity contribution in [1.29, 1.82) is 0 Å². The number of hydrogen-bond donors (Lipinski definition) is 1. The Bertz CT molecular complexity index is 707. The highest BCUT2D eigenvalue weighted by molar-refractivity contribution is 7.88. The largest absolute Gasteiger partial charge is 0.380 e. The fourth-order valence-corrected chi connectivity index (χ4v) is 4.43. The number of aromatic nitrogens is 1. The molecule has 0 aromatic carbocycles. The second-order valence-electron chi connectivity index (χ2n) is 7.11. The van der Waals surface area contributed by atoms with Crippen LogP contribution < -0.4 is 5.32 Å². The third-order valence-electron chi connectivity index (χ3n) is 4.60. The van der Waals surface area contributed by atoms with E-state index in [0.29, 0.717) is 38.4 Å². The van der Waals surface area contributed by atoms with E-state index >= 15 is 0 Å². The van der Waals surface area contributed by atoms with E-state index in [1.54, 1.807) is 6.07 Å². The van der Waals surface area contributed by atoms with E-state index in [2.05, 4.69) is 22.3 Å². The monoisotopic (exact) mass is 385 g/mol. The van der Waals surface area contributed by atoms with E-state index in [4.69, 9.17) is 14.3 Å². The fourth-order valence-electron chi connectivity index (χ4n) is 3.00. The van der Waals surface area contributed by atoms with Gasteiger partial charge in [-0.2, -0.15) is 4.31 Å². The van der Waals surface area contributed by atoms with Crippen LogP contribution in [0.5, 0.6) is 0 Å². The van der Waals surface area contributed by atoms with E-state index in [1.807, 2.05) is 6.92 Å². The highest BCUT2D eigenvalue weighted by Crippen LogP contribution is 2.26. The third kappa shape index (κ3) is 4.54. The van der Waals surface area contributed by atoms with Crippen LogP contribution in [0.15, 0.2) is 21.8 Å². The van der Waals surface area contributed by atoms with Crippen molar-refractivity contribution in [2.45, 2.75) is 19.6 Å². The lowest BCUT2D eigenvalue weighted by atomic mass is 9.89. The van der Waals surface area contributed by atoms with Crippen LogP contribution >= 0.6 is 0 Å². The molecule has 1 aromatic heterocycles. The molecular weight excluding hydrogens is 358 g/mol. The highest BCUT2D eigenvalue weighted by Gasteiger charge is 2.34. The number of piperazine rings is 1. The molecule has 3 heterocycles. The molecule has 9 nitrogen and oxygen atoms in total. The summed E-state index contributed by atoms with van der Waals surface area (Å²) < 4.78 is 36.6. The molecule has 0 unspecified atom stereocenters. The first-order valence-electron chi connectivity index (χ1n) is 8.90. The number of sulfonamides is 1. The number of ether oxygens (including phenoxy) is 1. The summed E-state index contributed by atoms with van der Waals surface area (Å²) >= 11 is 0. The number of nitrogens with one attached hydrogen (secondary N) is 1. The van der Waals surface area contributed by atoms with Crippen molar-refractivity contribution >= 4 is 16.0 Å². The molecule has 146 valence electrons. The number of aliphatic imine (C=N–C) groups is 1. The van der Waals surface area contributed by atoms with Gasteiger partial charge in [-0.15, -0.1) is 0 Å². The van der Waals surface area contributed by atoms with Crippen LogP contribution in [-0.4, -0.2) is 81.2 Å². The quantitative estimate of drug-likeness (QED) is 0.548. The summed E-state index contributed by atoms with van der Waals surface area (Å²) in [5.74, 6) is 0.713. The highest BCUT2D eigenvalue weighted by atomic mass is 32.2. The average molecular weight is 385 g/mol. The van der Waals surface area contributed by atoms with Crippen molar-refractivity contribution in [3.63, 3.8) is 0 Å². The van der Waals surface area contributed by atoms with Crippen molar-refractivity contribution in [3.8, 4) is 0 Å². The minimum absolute atomic E-state index is 0.115. The van der Waals surface area contributed by atoms with Crippen LogP contribution in [0.1, 0.15) is 19.5 Å². The Morgan fingerprint density at radius 1 is 1.35 bits per heavy atom. The molecule has 0 saturated carbocycles. The zero-order valence-electron chi connectivity index (χ0n) is 15.3. The maximum absolute atomic E-state index is 12.5. The SMILES string of the molecule is CCNC(=NCC1(C)COC1)N1CCN(S(=O)(=O)Cc2ccon2)CC1. The molecule has 2 fully saturated rings. The van der Waals surface area contributed by atoms with E-state index in [1.165, 1.54) is 10.6 Å².